The fourth-order valence-electron chi connectivity index (χ4n) is 6.71. The van der Waals surface area contributed by atoms with Gasteiger partial charge in [0.15, 0.2) is 12.3 Å². The number of hydrogen-bond donors (Lipinski definition) is 1. The molecule has 0 aliphatic carbocycles. The second-order valence-corrected chi connectivity index (χ2v) is 12.2. The number of methoxy groups -OCH3 is 1. The summed E-state index contributed by atoms with van der Waals surface area (Å²) in [6.07, 6.45) is 12.2. The molecule has 2 aliphatic rings. The van der Waals surface area contributed by atoms with Crippen molar-refractivity contribution < 1.29 is 14.3 Å². The molecular weight excluding hydrogens is 610 g/mol. The third-order valence-corrected chi connectivity index (χ3v) is 9.16. The zero-order valence-corrected chi connectivity index (χ0v) is 27.6. The van der Waals surface area contributed by atoms with Gasteiger partial charge in [-0.25, -0.2) is 19.3 Å². The average molecular weight is 652 g/mol. The maximum atomic E-state index is 13.6. The summed E-state index contributed by atoms with van der Waals surface area (Å²) in [6.45, 7) is 8.61. The second kappa shape index (κ2) is 13.6. The lowest BCUT2D eigenvalue weighted by molar-refractivity contribution is -0.121. The van der Waals surface area contributed by atoms with E-state index in [0.717, 1.165) is 56.6 Å². The molecule has 1 saturated heterocycles. The minimum atomic E-state index is -0.225. The van der Waals surface area contributed by atoms with Crippen LogP contribution in [-0.4, -0.2) is 86.2 Å². The molecule has 5 aromatic rings. The molecule has 1 amide bonds. The van der Waals surface area contributed by atoms with E-state index < -0.39 is 0 Å². The first-order chi connectivity index (χ1) is 23.5. The van der Waals surface area contributed by atoms with E-state index in [1.807, 2.05) is 38.1 Å². The molecule has 0 unspecified atom stereocenters. The number of ether oxygens (including phenoxy) is 2. The van der Waals surface area contributed by atoms with Crippen LogP contribution in [0, 0.1) is 0 Å². The van der Waals surface area contributed by atoms with Crippen molar-refractivity contribution in [3.63, 3.8) is 0 Å². The highest BCUT2D eigenvalue weighted by Gasteiger charge is 2.28. The summed E-state index contributed by atoms with van der Waals surface area (Å²) in [6, 6.07) is 10.7. The summed E-state index contributed by atoms with van der Waals surface area (Å²) in [5.74, 6) is 0.620. The molecule has 1 fully saturated rings. The molecule has 2 aliphatic heterocycles. The van der Waals surface area contributed by atoms with Gasteiger partial charge in [-0.2, -0.15) is 4.98 Å². The standard InChI is InChI=1S/C35H41N9O4/c1-4-6-13-43-34(46)28-22-37-35(39-32(28)44(43)27-20-30-33(36-21-27)48-23-31(45)42(30)12-5-2)38-25-7-8-29-24(19-25)9-16-41(29)26-10-14-40(15-11-26)17-18-47-3/h4,6-9,16,19-22,26H,5,10-15,17-18,23H2,1-3H3,(H,37,38,39)/b6-4-. The Morgan fingerprint density at radius 2 is 1.94 bits per heavy atom. The summed E-state index contributed by atoms with van der Waals surface area (Å²) in [4.78, 5) is 44.4. The molecule has 0 radical (unpaired) electrons. The number of carbonyl (C=O) groups is 1. The number of aromatic nitrogens is 6. The van der Waals surface area contributed by atoms with Gasteiger partial charge in [-0.05, 0) is 56.5 Å². The molecule has 0 spiro atoms. The van der Waals surface area contributed by atoms with Gasteiger partial charge in [0, 0.05) is 68.3 Å². The molecule has 13 heteroatoms. The molecule has 1 aromatic carbocycles. The summed E-state index contributed by atoms with van der Waals surface area (Å²) in [7, 11) is 1.75. The van der Waals surface area contributed by atoms with Crippen LogP contribution in [0.3, 0.4) is 0 Å². The fraction of sp³-hybridized carbons (Fsp3) is 0.400. The van der Waals surface area contributed by atoms with Crippen LogP contribution in [0.15, 0.2) is 65.9 Å². The number of rotatable bonds is 11. The van der Waals surface area contributed by atoms with Crippen LogP contribution in [-0.2, 0) is 16.1 Å². The molecule has 0 atom stereocenters. The van der Waals surface area contributed by atoms with Crippen LogP contribution < -0.4 is 20.5 Å². The highest BCUT2D eigenvalue weighted by molar-refractivity contribution is 5.97. The predicted octanol–water partition coefficient (Wildman–Crippen LogP) is 4.67. The minimum Gasteiger partial charge on any atom is -0.466 e. The number of nitrogens with one attached hydrogen (secondary N) is 1. The van der Waals surface area contributed by atoms with Crippen LogP contribution in [0.4, 0.5) is 17.3 Å². The van der Waals surface area contributed by atoms with Crippen LogP contribution >= 0.6 is 0 Å². The van der Waals surface area contributed by atoms with Crippen LogP contribution in [0.2, 0.25) is 0 Å². The zero-order valence-electron chi connectivity index (χ0n) is 27.6. The smallest absolute Gasteiger partial charge is 0.278 e. The highest BCUT2D eigenvalue weighted by atomic mass is 16.5. The molecule has 13 nitrogen and oxygen atoms in total. The summed E-state index contributed by atoms with van der Waals surface area (Å²) < 4.78 is 16.6. The quantitative estimate of drug-likeness (QED) is 0.203. The van der Waals surface area contributed by atoms with E-state index in [0.29, 0.717) is 53.4 Å². The van der Waals surface area contributed by atoms with Crippen molar-refractivity contribution in [2.24, 2.45) is 0 Å². The molecule has 250 valence electrons. The lowest BCUT2D eigenvalue weighted by Crippen LogP contribution is -2.39. The van der Waals surface area contributed by atoms with Gasteiger partial charge in [0.25, 0.3) is 11.5 Å². The van der Waals surface area contributed by atoms with Crippen molar-refractivity contribution >= 4 is 45.2 Å². The van der Waals surface area contributed by atoms with E-state index in [1.165, 1.54) is 5.52 Å². The third-order valence-electron chi connectivity index (χ3n) is 9.16. The number of anilines is 3. The number of carbonyl (C=O) groups excluding carboxylic acids is 1. The van der Waals surface area contributed by atoms with E-state index in [1.54, 1.807) is 33.8 Å². The molecule has 7 rings (SSSR count). The molecule has 0 bridgehead atoms. The molecule has 48 heavy (non-hydrogen) atoms. The third kappa shape index (κ3) is 5.95. The van der Waals surface area contributed by atoms with Crippen LogP contribution in [0.5, 0.6) is 5.88 Å². The summed E-state index contributed by atoms with van der Waals surface area (Å²) in [5.41, 5.74) is 3.40. The zero-order chi connectivity index (χ0) is 33.2. The SMILES string of the molecule is C/C=C\Cn1c(=O)c2cnc(Nc3ccc4c(ccn4C4CCN(CCOC)CC4)c3)nc2n1-c1cnc2c(c1)N(CCC)C(=O)CO2. The number of benzene rings is 1. The molecule has 1 N–H and O–H groups in total. The molecule has 0 saturated carbocycles. The average Bonchev–Trinajstić information content (AvgIpc) is 3.65. The van der Waals surface area contributed by atoms with E-state index in [-0.39, 0.29) is 18.1 Å². The van der Waals surface area contributed by atoms with Crippen molar-refractivity contribution in [2.45, 2.75) is 45.7 Å². The topological polar surface area (TPSA) is 125 Å². The Bertz CT molecular complexity index is 2040. The predicted molar refractivity (Wildman–Crippen MR) is 186 cm³/mol. The van der Waals surface area contributed by atoms with Crippen LogP contribution in [0.1, 0.15) is 39.2 Å². The van der Waals surface area contributed by atoms with Crippen LogP contribution in [0.25, 0.3) is 27.6 Å². The number of nitrogens with zero attached hydrogens (tertiary/aromatic N) is 8. The summed E-state index contributed by atoms with van der Waals surface area (Å²) >= 11 is 0. The Morgan fingerprint density at radius 1 is 1.08 bits per heavy atom. The molecule has 6 heterocycles. The summed E-state index contributed by atoms with van der Waals surface area (Å²) in [5, 5.41) is 4.86. The van der Waals surface area contributed by atoms with Gasteiger partial charge in [-0.15, -0.1) is 0 Å². The fourth-order valence-corrected chi connectivity index (χ4v) is 6.71. The van der Waals surface area contributed by atoms with Gasteiger partial charge < -0.3 is 29.2 Å². The number of pyridine rings is 1. The van der Waals surface area contributed by atoms with Gasteiger partial charge in [0.1, 0.15) is 11.1 Å². The van der Waals surface area contributed by atoms with Crippen molar-refractivity contribution in [3.8, 4) is 11.6 Å². The number of likely N-dealkylation sites (tertiary alicyclic amines) is 1. The van der Waals surface area contributed by atoms with E-state index in [4.69, 9.17) is 14.5 Å². The first-order valence-corrected chi connectivity index (χ1v) is 16.6. The van der Waals surface area contributed by atoms with Crippen molar-refractivity contribution in [1.29, 1.82) is 0 Å². The number of allylic oxidation sites excluding steroid dienone is 2. The maximum Gasteiger partial charge on any atom is 0.278 e. The minimum absolute atomic E-state index is 0.0504. The molecular formula is C35H41N9O4. The lowest BCUT2D eigenvalue weighted by atomic mass is 10.0. The Kier molecular flexibility index (Phi) is 8.96. The van der Waals surface area contributed by atoms with E-state index in [2.05, 4.69) is 49.1 Å². The van der Waals surface area contributed by atoms with Gasteiger partial charge in [-0.3, -0.25) is 9.59 Å². The number of fused-ring (bicyclic) bond motifs is 3. The Hall–Kier alpha value is -5.01. The second-order valence-electron chi connectivity index (χ2n) is 12.2. The normalized spacial score (nSPS) is 15.9. The first kappa shape index (κ1) is 31.6. The van der Waals surface area contributed by atoms with Gasteiger partial charge in [0.05, 0.1) is 25.0 Å². The number of piperidine rings is 1. The van der Waals surface area contributed by atoms with E-state index in [9.17, 15) is 9.59 Å². The maximum absolute atomic E-state index is 13.6. The van der Waals surface area contributed by atoms with E-state index >= 15 is 0 Å². The van der Waals surface area contributed by atoms with Gasteiger partial charge in [0.2, 0.25) is 11.8 Å². The monoisotopic (exact) mass is 651 g/mol. The van der Waals surface area contributed by atoms with Crippen molar-refractivity contribution in [1.82, 2.24) is 33.8 Å². The van der Waals surface area contributed by atoms with Gasteiger partial charge >= 0.3 is 0 Å². The highest BCUT2D eigenvalue weighted by Crippen LogP contribution is 2.33. The first-order valence-electron chi connectivity index (χ1n) is 16.6. The van der Waals surface area contributed by atoms with Crippen molar-refractivity contribution in [3.05, 3.63) is 71.4 Å². The number of amides is 1. The van der Waals surface area contributed by atoms with Gasteiger partial charge in [-0.1, -0.05) is 19.1 Å². The Morgan fingerprint density at radius 3 is 2.73 bits per heavy atom. The lowest BCUT2D eigenvalue weighted by Gasteiger charge is -2.33. The largest absolute Gasteiger partial charge is 0.466 e. The Labute approximate surface area is 278 Å². The van der Waals surface area contributed by atoms with Crippen molar-refractivity contribution in [2.75, 3.05) is 56.7 Å². The number of hydrogen-bond acceptors (Lipinski definition) is 9. The Balaban J connectivity index is 1.20. The molecule has 4 aromatic heterocycles.